The molecule has 5 aromatic carbocycles. The molecule has 1 aliphatic carbocycles. The van der Waals surface area contributed by atoms with Crippen molar-refractivity contribution in [2.45, 2.75) is 20.3 Å². The van der Waals surface area contributed by atoms with Crippen LogP contribution in [0.3, 0.4) is 0 Å². The van der Waals surface area contributed by atoms with E-state index in [1.165, 1.54) is 0 Å². The van der Waals surface area contributed by atoms with E-state index >= 15 is 0 Å². The third kappa shape index (κ3) is 5.32. The van der Waals surface area contributed by atoms with Gasteiger partial charge in [0.25, 0.3) is 0 Å². The molecule has 0 N–H and O–H groups in total. The lowest BCUT2D eigenvalue weighted by molar-refractivity contribution is 0.871. The summed E-state index contributed by atoms with van der Waals surface area (Å²) in [4.78, 5) is 0. The van der Waals surface area contributed by atoms with Crippen LogP contribution < -0.4 is 0 Å². The van der Waals surface area contributed by atoms with Gasteiger partial charge >= 0.3 is 0 Å². The number of fused-ring (bicyclic) bond motifs is 6. The predicted molar refractivity (Wildman–Crippen MR) is 212 cm³/mol. The van der Waals surface area contributed by atoms with Crippen LogP contribution in [-0.4, -0.2) is 9.13 Å². The second-order valence-corrected chi connectivity index (χ2v) is 13.0. The SMILES string of the molecule is C/C=C\C(=C(\C1=CC=CC(c2cccc(-n3c4ccccc4c4cc(C#N)ccc43)c2)=CC1)C(C)C#N)n1c2ccccc2c2ccc(C#N)cc21. The molecule has 0 saturated heterocycles. The Hall–Kier alpha value is -7.13. The third-order valence-corrected chi connectivity index (χ3v) is 9.97. The van der Waals surface area contributed by atoms with Gasteiger partial charge in [-0.1, -0.05) is 85.0 Å². The zero-order valence-corrected chi connectivity index (χ0v) is 28.9. The predicted octanol–water partition coefficient (Wildman–Crippen LogP) is 11.6. The highest BCUT2D eigenvalue weighted by Gasteiger charge is 2.22. The first kappa shape index (κ1) is 32.1. The average molecular weight is 668 g/mol. The molecule has 246 valence electrons. The summed E-state index contributed by atoms with van der Waals surface area (Å²) in [6.07, 6.45) is 13.3. The van der Waals surface area contributed by atoms with E-state index in [9.17, 15) is 15.8 Å². The van der Waals surface area contributed by atoms with Crippen molar-refractivity contribution in [1.29, 1.82) is 15.8 Å². The molecule has 2 heterocycles. The Morgan fingerprint density at radius 3 is 2.17 bits per heavy atom. The maximum atomic E-state index is 10.4. The van der Waals surface area contributed by atoms with Gasteiger partial charge in [0.05, 0.1) is 63.0 Å². The molecule has 0 aliphatic heterocycles. The summed E-state index contributed by atoms with van der Waals surface area (Å²) < 4.78 is 4.48. The smallest absolute Gasteiger partial charge is 0.0992 e. The van der Waals surface area contributed by atoms with Crippen molar-refractivity contribution in [3.05, 3.63) is 173 Å². The standard InChI is InChI=1S/C47H33N5/c1-3-10-45(52-43-18-7-4-15-38(43)40-23-19-33(30-50)26-46(40)52)47(31(2)28-48)35-12-8-11-34(21-22-35)36-13-9-14-37(27-36)51-42-17-6-5-16-39(42)41-25-32(29-49)20-24-44(41)51/h3-21,23-27,31H,22H2,1-2H3/b10-3-,47-45-. The molecule has 0 fully saturated rings. The topological polar surface area (TPSA) is 81.2 Å². The Bertz CT molecular complexity index is 2880. The number of hydrogen-bond acceptors (Lipinski definition) is 3. The van der Waals surface area contributed by atoms with E-state index in [0.717, 1.165) is 77.3 Å². The number of rotatable bonds is 6. The highest BCUT2D eigenvalue weighted by molar-refractivity contribution is 6.11. The number of nitrogens with zero attached hydrogens (tertiary/aromatic N) is 5. The van der Waals surface area contributed by atoms with Crippen LogP contribution in [0.2, 0.25) is 0 Å². The van der Waals surface area contributed by atoms with Crippen LogP contribution in [0.4, 0.5) is 0 Å². The van der Waals surface area contributed by atoms with Crippen molar-refractivity contribution in [1.82, 2.24) is 9.13 Å². The number of aromatic nitrogens is 2. The summed E-state index contributed by atoms with van der Waals surface area (Å²) in [5, 5.41) is 34.1. The quantitative estimate of drug-likeness (QED) is 0.166. The molecule has 1 atom stereocenters. The fourth-order valence-electron chi connectivity index (χ4n) is 7.65. The van der Waals surface area contributed by atoms with Gasteiger partial charge in [-0.2, -0.15) is 15.8 Å². The number of para-hydroxylation sites is 2. The molecule has 8 rings (SSSR count). The molecule has 5 heteroatoms. The van der Waals surface area contributed by atoms with Gasteiger partial charge in [-0.3, -0.25) is 0 Å². The van der Waals surface area contributed by atoms with E-state index < -0.39 is 5.92 Å². The van der Waals surface area contributed by atoms with Crippen molar-refractivity contribution in [2.75, 3.05) is 0 Å². The summed E-state index contributed by atoms with van der Waals surface area (Å²) in [7, 11) is 0. The summed E-state index contributed by atoms with van der Waals surface area (Å²) in [6.45, 7) is 3.96. The Labute approximate surface area is 302 Å². The monoisotopic (exact) mass is 667 g/mol. The van der Waals surface area contributed by atoms with Crippen LogP contribution in [0.25, 0.3) is 60.6 Å². The summed E-state index contributed by atoms with van der Waals surface area (Å²) in [5.41, 5.74) is 11.5. The molecule has 0 spiro atoms. The van der Waals surface area contributed by atoms with E-state index in [1.807, 2.05) is 80.6 Å². The van der Waals surface area contributed by atoms with Crippen molar-refractivity contribution in [2.24, 2.45) is 5.92 Å². The number of nitriles is 3. The van der Waals surface area contributed by atoms with Crippen molar-refractivity contribution >= 4 is 54.9 Å². The van der Waals surface area contributed by atoms with E-state index in [1.54, 1.807) is 0 Å². The Balaban J connectivity index is 1.25. The number of hydrogen-bond donors (Lipinski definition) is 0. The minimum atomic E-state index is -0.406. The van der Waals surface area contributed by atoms with Crippen molar-refractivity contribution in [3.8, 4) is 23.9 Å². The first-order chi connectivity index (χ1) is 25.5. The van der Waals surface area contributed by atoms with Gasteiger partial charge in [0, 0.05) is 27.2 Å². The van der Waals surface area contributed by atoms with Crippen molar-refractivity contribution in [3.63, 3.8) is 0 Å². The molecular weight excluding hydrogens is 635 g/mol. The van der Waals surface area contributed by atoms with Gasteiger partial charge < -0.3 is 9.13 Å². The maximum Gasteiger partial charge on any atom is 0.0992 e. The Morgan fingerprint density at radius 1 is 0.712 bits per heavy atom. The number of benzene rings is 5. The van der Waals surface area contributed by atoms with Gasteiger partial charge in [0.15, 0.2) is 0 Å². The largest absolute Gasteiger partial charge is 0.309 e. The van der Waals surface area contributed by atoms with Crippen LogP contribution in [-0.2, 0) is 0 Å². The van der Waals surface area contributed by atoms with E-state index in [0.29, 0.717) is 17.5 Å². The maximum absolute atomic E-state index is 10.4. The van der Waals surface area contributed by atoms with Crippen molar-refractivity contribution < 1.29 is 0 Å². The normalized spacial score (nSPS) is 14.1. The molecule has 2 aromatic heterocycles. The molecule has 5 nitrogen and oxygen atoms in total. The number of allylic oxidation sites excluding steroid dienone is 10. The molecule has 52 heavy (non-hydrogen) atoms. The Morgan fingerprint density at radius 2 is 1.40 bits per heavy atom. The van der Waals surface area contributed by atoms with Gasteiger partial charge in [-0.05, 0) is 103 Å². The average Bonchev–Trinajstić information content (AvgIpc) is 3.57. The summed E-state index contributed by atoms with van der Waals surface area (Å²) >= 11 is 0. The van der Waals surface area contributed by atoms with Gasteiger partial charge in [-0.25, -0.2) is 0 Å². The van der Waals surface area contributed by atoms with Crippen LogP contribution in [0, 0.1) is 39.9 Å². The third-order valence-electron chi connectivity index (χ3n) is 9.97. The summed E-state index contributed by atoms with van der Waals surface area (Å²) in [6, 6.07) is 44.0. The molecule has 1 unspecified atom stereocenters. The van der Waals surface area contributed by atoms with Crippen LogP contribution >= 0.6 is 0 Å². The van der Waals surface area contributed by atoms with E-state index in [-0.39, 0.29) is 0 Å². The van der Waals surface area contributed by atoms with E-state index in [4.69, 9.17) is 0 Å². The first-order valence-corrected chi connectivity index (χ1v) is 17.4. The minimum Gasteiger partial charge on any atom is -0.309 e. The molecule has 0 radical (unpaired) electrons. The molecule has 0 amide bonds. The second-order valence-electron chi connectivity index (χ2n) is 13.0. The highest BCUT2D eigenvalue weighted by Crippen LogP contribution is 2.39. The minimum absolute atomic E-state index is 0.406. The highest BCUT2D eigenvalue weighted by atomic mass is 15.0. The van der Waals surface area contributed by atoms with Crippen LogP contribution in [0.1, 0.15) is 37.0 Å². The first-order valence-electron chi connectivity index (χ1n) is 17.4. The lowest BCUT2D eigenvalue weighted by atomic mass is 9.89. The summed E-state index contributed by atoms with van der Waals surface area (Å²) in [5.74, 6) is -0.406. The molecule has 0 bridgehead atoms. The van der Waals surface area contributed by atoms with E-state index in [2.05, 4.69) is 106 Å². The zero-order valence-electron chi connectivity index (χ0n) is 28.9. The molecular formula is C47H33N5. The lowest BCUT2D eigenvalue weighted by Gasteiger charge is -2.20. The fourth-order valence-corrected chi connectivity index (χ4v) is 7.65. The zero-order chi connectivity index (χ0) is 35.8. The van der Waals surface area contributed by atoms with Crippen LogP contribution in [0.15, 0.2) is 157 Å². The Kier molecular flexibility index (Phi) is 8.21. The van der Waals surface area contributed by atoms with Crippen LogP contribution in [0.5, 0.6) is 0 Å². The fraction of sp³-hybridized carbons (Fsp3) is 0.0851. The lowest BCUT2D eigenvalue weighted by Crippen LogP contribution is -2.08. The molecule has 0 saturated carbocycles. The van der Waals surface area contributed by atoms with Gasteiger partial charge in [0.2, 0.25) is 0 Å². The van der Waals surface area contributed by atoms with Gasteiger partial charge in [0.1, 0.15) is 0 Å². The molecule has 1 aliphatic rings. The second kappa shape index (κ2) is 13.3. The molecule has 7 aromatic rings. The van der Waals surface area contributed by atoms with Gasteiger partial charge in [-0.15, -0.1) is 0 Å².